The number of nitrogens with zero attached hydrogens (tertiary/aromatic N) is 8. The van der Waals surface area contributed by atoms with Crippen molar-refractivity contribution in [1.29, 1.82) is 0 Å². The van der Waals surface area contributed by atoms with Crippen molar-refractivity contribution in [2.45, 2.75) is 309 Å². The van der Waals surface area contributed by atoms with Gasteiger partial charge in [0.2, 0.25) is 70.9 Å². The van der Waals surface area contributed by atoms with E-state index in [2.05, 4.69) is 165 Å². The summed E-state index contributed by atoms with van der Waals surface area (Å²) in [5.74, 6) is -6.54. The van der Waals surface area contributed by atoms with Crippen LogP contribution in [0.5, 0.6) is 0 Å². The van der Waals surface area contributed by atoms with Gasteiger partial charge in [0.05, 0.1) is 74.7 Å². The van der Waals surface area contributed by atoms with E-state index in [1.807, 2.05) is 0 Å². The summed E-state index contributed by atoms with van der Waals surface area (Å²) in [6, 6.07) is 3.03. The van der Waals surface area contributed by atoms with E-state index in [9.17, 15) is 95.9 Å². The molecular formula is C92H148N20O24. The molecule has 0 bridgehead atoms. The van der Waals surface area contributed by atoms with Crippen molar-refractivity contribution < 1.29 is 115 Å². The summed E-state index contributed by atoms with van der Waals surface area (Å²) in [6.07, 6.45) is 16.7. The van der Waals surface area contributed by atoms with Gasteiger partial charge in [-0.2, -0.15) is 0 Å². The highest BCUT2D eigenvalue weighted by molar-refractivity contribution is 5.88. The first-order valence-corrected chi connectivity index (χ1v) is 47.8. The fraction of sp³-hybridized carbons (Fsp3) is 0.696. The van der Waals surface area contributed by atoms with E-state index in [4.69, 9.17) is 19.4 Å². The average molecular weight is 1940 g/mol. The molecule has 0 saturated carbocycles. The zero-order valence-electron chi connectivity index (χ0n) is 80.8. The highest BCUT2D eigenvalue weighted by Gasteiger charge is 2.35. The smallest absolute Gasteiger partial charge is 0.334 e. The SMILES string of the molecule is C=C1CCC(=O)N1OC(=O)CCNC(=O)CC[15NH]C(=O)[13CH2][13CH2][15NH]C(=O)C[15N]1C(C)CCCC1C.C=C1CCC(=O)N1OC(=O)CCNC(=O)CC[15NH]C(=O)[13CH2][13CH2][15NH][13C](=O)CN1C(C)CCCC1C.C=C1CCC(=O)N1OC(=O)CCNC(=O)CC[15NH][13C](=O)[13CH2][13CH2]N[13C](=O)CN1C(C)CCCC1C.C=C1CCC(=O)N1OC(=O)CCN[13C](=O)CCN[13C](=O)[13CH2][13CH2]N[13C](=O)CN1C(C)CCCC1C. The quantitative estimate of drug-likeness (QED) is 0.0303. The maximum absolute atomic E-state index is 12.2. The maximum Gasteiger partial charge on any atom is 0.334 e. The summed E-state index contributed by atoms with van der Waals surface area (Å²) in [5.41, 5.74) is 1.74. The summed E-state index contributed by atoms with van der Waals surface area (Å²) < 4.78 is 0. The van der Waals surface area contributed by atoms with E-state index >= 15 is 0 Å². The number of hydrogen-bond acceptors (Lipinski definition) is 28. The van der Waals surface area contributed by atoms with Crippen LogP contribution in [-0.2, 0) is 115 Å². The molecule has 8 fully saturated rings. The van der Waals surface area contributed by atoms with Crippen LogP contribution in [0.1, 0.15) is 261 Å². The molecule has 8 aliphatic rings. The van der Waals surface area contributed by atoms with Crippen molar-refractivity contribution in [2.24, 2.45) is 0 Å². The Kier molecular flexibility index (Phi) is 52.3. The van der Waals surface area contributed by atoms with Gasteiger partial charge in [0, 0.05) is 204 Å². The lowest BCUT2D eigenvalue weighted by atomic mass is 9.98. The zero-order chi connectivity index (χ0) is 100. The number of likely N-dealkylation sites (tertiary alicyclic amines) is 4. The molecule has 0 aliphatic carbocycles. The molecule has 0 spiro atoms. The van der Waals surface area contributed by atoms with Crippen LogP contribution in [0.3, 0.4) is 0 Å². The third kappa shape index (κ3) is 44.8. The second-order valence-corrected chi connectivity index (χ2v) is 35.3. The molecule has 44 heteroatoms. The van der Waals surface area contributed by atoms with Crippen molar-refractivity contribution in [2.75, 3.05) is 105 Å². The Morgan fingerprint density at radius 2 is 0.353 bits per heavy atom. The summed E-state index contributed by atoms with van der Waals surface area (Å²) in [6.45, 7) is 34.8. The molecule has 8 aliphatic heterocycles. The topological polar surface area (TPSA) is 549 Å². The minimum atomic E-state index is -0.642. The highest BCUT2D eigenvalue weighted by atomic mass is 16.7. The van der Waals surface area contributed by atoms with Crippen molar-refractivity contribution in [3.63, 3.8) is 0 Å². The zero-order valence-corrected chi connectivity index (χ0v) is 80.8. The number of carbonyl (C=O) groups excluding carboxylic acids is 20. The Balaban J connectivity index is 0.000000320. The highest BCUT2D eigenvalue weighted by Crippen LogP contribution is 2.28. The number of carbonyl (C=O) groups is 20. The lowest BCUT2D eigenvalue weighted by Crippen LogP contribution is -2.49. The number of nitrogens with one attached hydrogen (secondary N) is 12. The molecule has 0 aromatic heterocycles. The van der Waals surface area contributed by atoms with E-state index < -0.39 is 23.9 Å². The molecule has 16 amide bonds. The number of amides is 16. The van der Waals surface area contributed by atoms with Crippen molar-refractivity contribution >= 4 is 118 Å². The fourth-order valence-corrected chi connectivity index (χ4v) is 16.1. The second kappa shape index (κ2) is 62.0. The second-order valence-electron chi connectivity index (χ2n) is 35.3. The molecule has 760 valence electrons. The normalized spacial score (nSPS) is 20.7. The van der Waals surface area contributed by atoms with E-state index in [1.165, 1.54) is 25.7 Å². The minimum Gasteiger partial charge on any atom is -0.356 e. The predicted octanol–water partition coefficient (Wildman–Crippen LogP) is 1.45. The largest absolute Gasteiger partial charge is 0.356 e. The van der Waals surface area contributed by atoms with Gasteiger partial charge >= 0.3 is 23.9 Å². The van der Waals surface area contributed by atoms with E-state index in [0.29, 0.717) is 123 Å². The van der Waals surface area contributed by atoms with Crippen LogP contribution in [0.25, 0.3) is 0 Å². The molecule has 8 rings (SSSR count). The van der Waals surface area contributed by atoms with Crippen LogP contribution >= 0.6 is 0 Å². The van der Waals surface area contributed by atoms with Gasteiger partial charge in [-0.25, -0.2) is 19.2 Å². The minimum absolute atomic E-state index is 0.0549. The number of hydrogen-bond donors (Lipinski definition) is 12. The van der Waals surface area contributed by atoms with Crippen molar-refractivity contribution in [3.05, 3.63) is 49.1 Å². The van der Waals surface area contributed by atoms with Crippen LogP contribution in [0.15, 0.2) is 49.1 Å². The number of rotatable bonds is 48. The fourth-order valence-electron chi connectivity index (χ4n) is 16.1. The standard InChI is InChI=1S/4C23H37N5O6/c4*1-16-5-4-6-17(2)27(16)15-21(31)26-13-10-19(29)24-12-9-20(30)25-14-11-23(33)34-28-18(3)7-8-22(28)32/h4*16-17H,3-15H2,1-2H3,(H,24,29)(H,25,30)(H,26,31)/i10+1,13+1,24+1,26+1,27+1;10+1,13+1,21+1,24+1,26+1;10+1,13+1,19+1,21+1,24+1;10+1,13+1,19+1,20+1,21+1. The van der Waals surface area contributed by atoms with Gasteiger partial charge in [0.15, 0.2) is 0 Å². The first-order valence-electron chi connectivity index (χ1n) is 47.8. The van der Waals surface area contributed by atoms with E-state index in [1.54, 1.807) is 0 Å². The first-order chi connectivity index (χ1) is 64.7. The van der Waals surface area contributed by atoms with E-state index in [-0.39, 0.29) is 276 Å². The van der Waals surface area contributed by atoms with Crippen LogP contribution in [0.4, 0.5) is 0 Å². The lowest BCUT2D eigenvalue weighted by Gasteiger charge is -2.38. The average Bonchev–Trinajstić information content (AvgIpc) is 1.77. The molecule has 8 atom stereocenters. The molecule has 8 saturated heterocycles. The van der Waals surface area contributed by atoms with Crippen LogP contribution < -0.4 is 63.8 Å². The van der Waals surface area contributed by atoms with Crippen LogP contribution in [0.2, 0.25) is 0 Å². The van der Waals surface area contributed by atoms with Gasteiger partial charge in [-0.05, 0) is 132 Å². The van der Waals surface area contributed by atoms with Crippen molar-refractivity contribution in [1.82, 2.24) is 104 Å². The van der Waals surface area contributed by atoms with Gasteiger partial charge in [-0.15, -0.1) is 20.3 Å². The monoisotopic (exact) mass is 1940 g/mol. The third-order valence-corrected chi connectivity index (χ3v) is 24.1. The Labute approximate surface area is 796 Å². The number of hydroxylamine groups is 8. The summed E-state index contributed by atoms with van der Waals surface area (Å²) in [4.78, 5) is 266. The molecule has 0 aromatic carbocycles. The van der Waals surface area contributed by atoms with E-state index in [0.717, 1.165) is 71.6 Å². The van der Waals surface area contributed by atoms with Gasteiger partial charge in [0.1, 0.15) is 0 Å². The molecule has 8 unspecified atom stereocenters. The van der Waals surface area contributed by atoms with Gasteiger partial charge in [0.25, 0.3) is 23.6 Å². The molecule has 12 N–H and O–H groups in total. The van der Waals surface area contributed by atoms with Crippen LogP contribution in [-0.4, -0.2) is 311 Å². The lowest BCUT2D eigenvalue weighted by molar-refractivity contribution is -0.186. The molecule has 0 radical (unpaired) electrons. The van der Waals surface area contributed by atoms with Gasteiger partial charge < -0.3 is 83.2 Å². The Morgan fingerprint density at radius 3 is 0.485 bits per heavy atom. The Morgan fingerprint density at radius 1 is 0.221 bits per heavy atom. The molecule has 8 heterocycles. The Bertz CT molecular complexity index is 3550. The summed E-state index contributed by atoms with van der Waals surface area (Å²) >= 11 is 0. The van der Waals surface area contributed by atoms with Crippen LogP contribution in [0, 0.1) is 0 Å². The summed E-state index contributed by atoms with van der Waals surface area (Å²) in [5, 5.41) is 35.5. The maximum atomic E-state index is 12.2. The molecule has 44 nitrogen and oxygen atoms in total. The van der Waals surface area contributed by atoms with Gasteiger partial charge in [-0.3, -0.25) is 96.3 Å². The number of piperidine rings is 4. The molecule has 0 aromatic rings. The third-order valence-electron chi connectivity index (χ3n) is 24.1. The molecule has 136 heavy (non-hydrogen) atoms. The first kappa shape index (κ1) is 115. The van der Waals surface area contributed by atoms with Gasteiger partial charge in [-0.1, -0.05) is 52.0 Å². The van der Waals surface area contributed by atoms with Crippen molar-refractivity contribution in [3.8, 4) is 0 Å². The number of allylic oxidation sites excluding steroid dienone is 4. The summed E-state index contributed by atoms with van der Waals surface area (Å²) in [7, 11) is 0. The molecular weight excluding hydrogens is 1790 g/mol. The Hall–Kier alpha value is -11.8. The predicted molar refractivity (Wildman–Crippen MR) is 495 cm³/mol.